The summed E-state index contributed by atoms with van der Waals surface area (Å²) in [6.07, 6.45) is 5.02. The average Bonchev–Trinajstić information content (AvgIpc) is 2.81. The summed E-state index contributed by atoms with van der Waals surface area (Å²) in [5.41, 5.74) is 3.07. The van der Waals surface area contributed by atoms with Gasteiger partial charge in [0, 0.05) is 20.8 Å². The van der Waals surface area contributed by atoms with E-state index in [1.165, 1.54) is 40.6 Å². The van der Waals surface area contributed by atoms with Crippen LogP contribution in [-0.2, 0) is 12.8 Å². The molecule has 1 N–H and O–H groups in total. The smallest absolute Gasteiger partial charge is 0.0354 e. The predicted molar refractivity (Wildman–Crippen MR) is 95.0 cm³/mol. The van der Waals surface area contributed by atoms with Crippen LogP contribution in [0.1, 0.15) is 41.8 Å². The Morgan fingerprint density at radius 1 is 1.33 bits per heavy atom. The van der Waals surface area contributed by atoms with Crippen molar-refractivity contribution in [2.24, 2.45) is 5.92 Å². The second-order valence-electron chi connectivity index (χ2n) is 5.82. The Hall–Kier alpha value is -0.640. The molecule has 1 aliphatic carbocycles. The van der Waals surface area contributed by atoms with Crippen LogP contribution in [0.2, 0.25) is 0 Å². The molecule has 1 heterocycles. The standard InChI is InChI=1S/C18H22BrNS/c1-2-20-18-14(10-16-11-15(19)12-21-16)8-5-7-13-6-3-4-9-17(13)18/h3-4,6,9,11-12,14,18,20H,2,5,7-8,10H2,1H3. The van der Waals surface area contributed by atoms with Crippen LogP contribution in [0.5, 0.6) is 0 Å². The molecule has 1 aromatic heterocycles. The molecular weight excluding hydrogens is 342 g/mol. The molecule has 0 spiro atoms. The monoisotopic (exact) mass is 363 g/mol. The lowest BCUT2D eigenvalue weighted by Gasteiger charge is -2.27. The van der Waals surface area contributed by atoms with Crippen molar-refractivity contribution in [1.29, 1.82) is 0 Å². The van der Waals surface area contributed by atoms with Crippen molar-refractivity contribution in [3.05, 3.63) is 56.2 Å². The maximum absolute atomic E-state index is 3.75. The normalized spacial score (nSPS) is 21.8. The highest BCUT2D eigenvalue weighted by atomic mass is 79.9. The van der Waals surface area contributed by atoms with Crippen molar-refractivity contribution in [2.75, 3.05) is 6.54 Å². The lowest BCUT2D eigenvalue weighted by atomic mass is 9.87. The molecule has 0 radical (unpaired) electrons. The van der Waals surface area contributed by atoms with Crippen molar-refractivity contribution in [2.45, 2.75) is 38.6 Å². The minimum atomic E-state index is 0.495. The van der Waals surface area contributed by atoms with E-state index in [2.05, 4.69) is 63.9 Å². The highest BCUT2D eigenvalue weighted by Crippen LogP contribution is 2.36. The zero-order chi connectivity index (χ0) is 14.7. The van der Waals surface area contributed by atoms with Gasteiger partial charge in [0.15, 0.2) is 0 Å². The van der Waals surface area contributed by atoms with Gasteiger partial charge in [0.05, 0.1) is 0 Å². The van der Waals surface area contributed by atoms with Gasteiger partial charge in [0.25, 0.3) is 0 Å². The second-order valence-corrected chi connectivity index (χ2v) is 7.73. The third-order valence-electron chi connectivity index (χ3n) is 4.39. The van der Waals surface area contributed by atoms with Gasteiger partial charge in [0.2, 0.25) is 0 Å². The molecule has 3 heteroatoms. The van der Waals surface area contributed by atoms with E-state index in [1.807, 2.05) is 11.3 Å². The molecule has 21 heavy (non-hydrogen) atoms. The minimum Gasteiger partial charge on any atom is -0.310 e. The molecule has 112 valence electrons. The van der Waals surface area contributed by atoms with Gasteiger partial charge < -0.3 is 5.32 Å². The van der Waals surface area contributed by atoms with Crippen LogP contribution in [0.15, 0.2) is 40.2 Å². The molecule has 0 saturated carbocycles. The van der Waals surface area contributed by atoms with Crippen LogP contribution in [-0.4, -0.2) is 6.54 Å². The summed E-state index contributed by atoms with van der Waals surface area (Å²) >= 11 is 5.46. The SMILES string of the molecule is CCNC1c2ccccc2CCCC1Cc1cc(Br)cs1. The molecule has 1 nitrogen and oxygen atoms in total. The first-order valence-corrected chi connectivity index (χ1v) is 9.49. The molecule has 3 rings (SSSR count). The van der Waals surface area contributed by atoms with Crippen molar-refractivity contribution in [1.82, 2.24) is 5.32 Å². The first-order valence-electron chi connectivity index (χ1n) is 7.82. The van der Waals surface area contributed by atoms with Crippen molar-refractivity contribution in [3.8, 4) is 0 Å². The molecule has 0 aliphatic heterocycles. The summed E-state index contributed by atoms with van der Waals surface area (Å²) in [6.45, 7) is 3.25. The maximum atomic E-state index is 3.75. The molecule has 2 aromatic rings. The first kappa shape index (κ1) is 15.3. The Balaban J connectivity index is 1.88. The topological polar surface area (TPSA) is 12.0 Å². The molecule has 0 saturated heterocycles. The third kappa shape index (κ3) is 3.58. The fourth-order valence-corrected chi connectivity index (χ4v) is 5.02. The Labute approximate surface area is 139 Å². The van der Waals surface area contributed by atoms with Gasteiger partial charge in [0.1, 0.15) is 0 Å². The molecule has 0 bridgehead atoms. The van der Waals surface area contributed by atoms with Gasteiger partial charge in [-0.25, -0.2) is 0 Å². The zero-order valence-electron chi connectivity index (χ0n) is 12.4. The van der Waals surface area contributed by atoms with E-state index in [-0.39, 0.29) is 0 Å². The number of fused-ring (bicyclic) bond motifs is 1. The van der Waals surface area contributed by atoms with E-state index in [4.69, 9.17) is 0 Å². The lowest BCUT2D eigenvalue weighted by molar-refractivity contribution is 0.348. The van der Waals surface area contributed by atoms with Crippen molar-refractivity contribution in [3.63, 3.8) is 0 Å². The van der Waals surface area contributed by atoms with Crippen LogP contribution in [0.25, 0.3) is 0 Å². The molecule has 2 unspecified atom stereocenters. The van der Waals surface area contributed by atoms with Crippen LogP contribution >= 0.6 is 27.3 Å². The Bertz CT molecular complexity index is 592. The summed E-state index contributed by atoms with van der Waals surface area (Å²) in [6, 6.07) is 11.8. The molecule has 1 aliphatic rings. The summed E-state index contributed by atoms with van der Waals surface area (Å²) < 4.78 is 1.22. The maximum Gasteiger partial charge on any atom is 0.0354 e. The highest BCUT2D eigenvalue weighted by molar-refractivity contribution is 9.10. The fraction of sp³-hybridized carbons (Fsp3) is 0.444. The van der Waals surface area contributed by atoms with E-state index < -0.39 is 0 Å². The number of halogens is 1. The highest BCUT2D eigenvalue weighted by Gasteiger charge is 2.27. The summed E-state index contributed by atoms with van der Waals surface area (Å²) in [5, 5.41) is 5.95. The number of aryl methyl sites for hydroxylation is 1. The number of hydrogen-bond acceptors (Lipinski definition) is 2. The minimum absolute atomic E-state index is 0.495. The van der Waals surface area contributed by atoms with E-state index in [0.29, 0.717) is 12.0 Å². The Morgan fingerprint density at radius 2 is 2.19 bits per heavy atom. The van der Waals surface area contributed by atoms with Gasteiger partial charge in [-0.15, -0.1) is 11.3 Å². The quantitative estimate of drug-likeness (QED) is 0.721. The van der Waals surface area contributed by atoms with Gasteiger partial charge in [-0.05, 0) is 71.3 Å². The Kier molecular flexibility index (Phi) is 5.15. The van der Waals surface area contributed by atoms with Crippen molar-refractivity contribution < 1.29 is 0 Å². The van der Waals surface area contributed by atoms with Gasteiger partial charge in [-0.3, -0.25) is 0 Å². The van der Waals surface area contributed by atoms with Gasteiger partial charge in [-0.2, -0.15) is 0 Å². The number of nitrogens with one attached hydrogen (secondary N) is 1. The number of rotatable bonds is 4. The molecule has 0 fully saturated rings. The number of thiophene rings is 1. The first-order chi connectivity index (χ1) is 10.3. The molecule has 0 amide bonds. The van der Waals surface area contributed by atoms with Crippen LogP contribution < -0.4 is 5.32 Å². The number of hydrogen-bond donors (Lipinski definition) is 1. The van der Waals surface area contributed by atoms with Crippen molar-refractivity contribution >= 4 is 27.3 Å². The third-order valence-corrected chi connectivity index (χ3v) is 6.11. The predicted octanol–water partition coefficient (Wildman–Crippen LogP) is 5.36. The van der Waals surface area contributed by atoms with Crippen LogP contribution in [0.4, 0.5) is 0 Å². The van der Waals surface area contributed by atoms with E-state index in [9.17, 15) is 0 Å². The van der Waals surface area contributed by atoms with E-state index >= 15 is 0 Å². The largest absolute Gasteiger partial charge is 0.310 e. The molecule has 2 atom stereocenters. The molecule has 1 aromatic carbocycles. The molecular formula is C18H22BrNS. The summed E-state index contributed by atoms with van der Waals surface area (Å²) in [4.78, 5) is 1.49. The summed E-state index contributed by atoms with van der Waals surface area (Å²) in [5.74, 6) is 0.694. The van der Waals surface area contributed by atoms with E-state index in [0.717, 1.165) is 6.54 Å². The van der Waals surface area contributed by atoms with Crippen LogP contribution in [0.3, 0.4) is 0 Å². The number of benzene rings is 1. The second kappa shape index (κ2) is 7.08. The van der Waals surface area contributed by atoms with Gasteiger partial charge in [-0.1, -0.05) is 31.2 Å². The summed E-state index contributed by atoms with van der Waals surface area (Å²) in [7, 11) is 0. The average molecular weight is 364 g/mol. The lowest BCUT2D eigenvalue weighted by Crippen LogP contribution is -2.29. The Morgan fingerprint density at radius 3 is 2.95 bits per heavy atom. The van der Waals surface area contributed by atoms with E-state index in [1.54, 1.807) is 5.56 Å². The fourth-order valence-electron chi connectivity index (χ4n) is 3.48. The van der Waals surface area contributed by atoms with Crippen LogP contribution in [0, 0.1) is 5.92 Å². The zero-order valence-corrected chi connectivity index (χ0v) is 14.8. The van der Waals surface area contributed by atoms with Gasteiger partial charge >= 0.3 is 0 Å².